The number of benzene rings is 2. The molecule has 254 valence electrons. The second kappa shape index (κ2) is 14.5. The molecule has 0 aliphatic carbocycles. The van der Waals surface area contributed by atoms with Gasteiger partial charge in [-0.05, 0) is 91.2 Å². The van der Waals surface area contributed by atoms with Gasteiger partial charge < -0.3 is 19.1 Å². The van der Waals surface area contributed by atoms with Gasteiger partial charge in [0.2, 0.25) is 5.91 Å². The first-order valence-corrected chi connectivity index (χ1v) is 20.9. The predicted molar refractivity (Wildman–Crippen MR) is 187 cm³/mol. The van der Waals surface area contributed by atoms with E-state index in [2.05, 4.69) is 46.7 Å². The van der Waals surface area contributed by atoms with Crippen LogP contribution in [0.4, 0.5) is 9.59 Å². The van der Waals surface area contributed by atoms with Crippen LogP contribution in [0.25, 0.3) is 10.9 Å². The summed E-state index contributed by atoms with van der Waals surface area (Å²) in [6.45, 7) is 14.6. The third-order valence-electron chi connectivity index (χ3n) is 8.71. The highest BCUT2D eigenvalue weighted by atomic mass is 79.9. The maximum atomic E-state index is 14.5. The van der Waals surface area contributed by atoms with Gasteiger partial charge in [-0.15, -0.1) is 0 Å². The van der Waals surface area contributed by atoms with E-state index in [0.717, 1.165) is 28.1 Å². The van der Waals surface area contributed by atoms with E-state index < -0.39 is 37.8 Å². The molecule has 2 aliphatic rings. The molecule has 0 spiro atoms. The molecule has 0 N–H and O–H groups in total. The van der Waals surface area contributed by atoms with E-state index >= 15 is 0 Å². The molecule has 0 bridgehead atoms. The summed E-state index contributed by atoms with van der Waals surface area (Å²) >= 11 is 3.63. The summed E-state index contributed by atoms with van der Waals surface area (Å²) < 4.78 is 19.6. The number of imide groups is 1. The largest absolute Gasteiger partial charge is 0.447 e. The number of cyclic esters (lactones) is 1. The zero-order chi connectivity index (χ0) is 33.9. The monoisotopic (exact) mass is 726 g/mol. The van der Waals surface area contributed by atoms with Crippen molar-refractivity contribution in [3.8, 4) is 0 Å². The first-order valence-electron chi connectivity index (χ1n) is 16.4. The van der Waals surface area contributed by atoms with E-state index in [-0.39, 0.29) is 18.4 Å². The second-order valence-electron chi connectivity index (χ2n) is 14.9. The van der Waals surface area contributed by atoms with Gasteiger partial charge in [-0.3, -0.25) is 4.79 Å². The highest BCUT2D eigenvalue weighted by molar-refractivity contribution is 9.10. The SMILES string of the molecule is CC(C)(C)OC(=O)N1CC[C@H]([C@H](Cc2ccc3c(c2)c(Br)nn3COCC[Si](C)(C)C)C(=O)N2C(=O)OC[C@@H]2Cc2ccccc2)C1. The number of fused-ring (bicyclic) bond motifs is 1. The number of hydrogen-bond donors (Lipinski definition) is 0. The van der Waals surface area contributed by atoms with E-state index in [0.29, 0.717) is 50.3 Å². The molecule has 5 rings (SSSR count). The lowest BCUT2D eigenvalue weighted by Crippen LogP contribution is -2.46. The Kier molecular flexibility index (Phi) is 10.8. The summed E-state index contributed by atoms with van der Waals surface area (Å²) in [4.78, 5) is 43.5. The number of amides is 3. The quantitative estimate of drug-likeness (QED) is 0.153. The van der Waals surface area contributed by atoms with Crippen LogP contribution in [0.5, 0.6) is 0 Å². The summed E-state index contributed by atoms with van der Waals surface area (Å²) in [5, 5.41) is 5.59. The van der Waals surface area contributed by atoms with E-state index in [9.17, 15) is 14.4 Å². The number of likely N-dealkylation sites (tertiary alicyclic amines) is 1. The number of rotatable bonds is 11. The van der Waals surface area contributed by atoms with Crippen LogP contribution in [-0.4, -0.2) is 83.7 Å². The molecule has 3 heterocycles. The Hall–Kier alpha value is -3.22. The Balaban J connectivity index is 1.39. The molecule has 10 nitrogen and oxygen atoms in total. The van der Waals surface area contributed by atoms with Crippen LogP contribution in [0.15, 0.2) is 53.1 Å². The van der Waals surface area contributed by atoms with E-state index in [1.54, 1.807) is 4.90 Å². The van der Waals surface area contributed by atoms with Gasteiger partial charge >= 0.3 is 12.2 Å². The molecule has 47 heavy (non-hydrogen) atoms. The fourth-order valence-corrected chi connectivity index (χ4v) is 7.47. The van der Waals surface area contributed by atoms with Crippen LogP contribution in [0.2, 0.25) is 25.7 Å². The van der Waals surface area contributed by atoms with Gasteiger partial charge in [-0.25, -0.2) is 19.2 Å². The molecule has 2 saturated heterocycles. The molecule has 0 unspecified atom stereocenters. The van der Waals surface area contributed by atoms with Crippen LogP contribution >= 0.6 is 15.9 Å². The lowest BCUT2D eigenvalue weighted by molar-refractivity contribution is -0.135. The minimum Gasteiger partial charge on any atom is -0.447 e. The average molecular weight is 728 g/mol. The topological polar surface area (TPSA) is 103 Å². The van der Waals surface area contributed by atoms with Crippen molar-refractivity contribution in [1.82, 2.24) is 19.6 Å². The minimum atomic E-state index is -1.20. The van der Waals surface area contributed by atoms with Crippen molar-refractivity contribution < 1.29 is 28.6 Å². The van der Waals surface area contributed by atoms with Crippen LogP contribution in [0.3, 0.4) is 0 Å². The Labute approximate surface area is 286 Å². The van der Waals surface area contributed by atoms with Gasteiger partial charge in [0, 0.05) is 39.1 Å². The number of halogens is 1. The molecule has 12 heteroatoms. The third kappa shape index (κ3) is 9.02. The van der Waals surface area contributed by atoms with E-state index in [4.69, 9.17) is 14.2 Å². The number of carbonyl (C=O) groups is 3. The minimum absolute atomic E-state index is 0.152. The van der Waals surface area contributed by atoms with Crippen LogP contribution in [0, 0.1) is 11.8 Å². The zero-order valence-electron chi connectivity index (χ0n) is 28.3. The Bertz CT molecular complexity index is 1580. The highest BCUT2D eigenvalue weighted by Crippen LogP contribution is 2.34. The van der Waals surface area contributed by atoms with Crippen molar-refractivity contribution in [2.45, 2.75) is 84.1 Å². The summed E-state index contributed by atoms with van der Waals surface area (Å²) in [5.74, 6) is -0.986. The summed E-state index contributed by atoms with van der Waals surface area (Å²) in [6, 6.07) is 16.6. The summed E-state index contributed by atoms with van der Waals surface area (Å²) in [7, 11) is -1.20. The standard InChI is InChI=1S/C35H47BrN4O6Si/c1-35(2,3)46-33(42)38-15-14-26(21-38)28(32(41)40-27(22-45-34(40)43)18-24-10-8-7-9-11-24)19-25-12-13-30-29(20-25)31(36)37-39(30)23-44-16-17-47(4,5)6/h7-13,20,26-28H,14-19,21-23H2,1-6H3/t26-,27-,28-/m0/s1. The number of hydrogen-bond acceptors (Lipinski definition) is 7. The van der Waals surface area contributed by atoms with Gasteiger partial charge in [-0.2, -0.15) is 5.10 Å². The number of nitrogens with zero attached hydrogens (tertiary/aromatic N) is 4. The maximum Gasteiger partial charge on any atom is 0.416 e. The predicted octanol–water partition coefficient (Wildman–Crippen LogP) is 7.12. The number of carbonyl (C=O) groups excluding carboxylic acids is 3. The zero-order valence-corrected chi connectivity index (χ0v) is 30.9. The van der Waals surface area contributed by atoms with Gasteiger partial charge in [-0.1, -0.05) is 56.0 Å². The summed E-state index contributed by atoms with van der Waals surface area (Å²) in [5.41, 5.74) is 2.28. The van der Waals surface area contributed by atoms with Crippen molar-refractivity contribution in [2.75, 3.05) is 26.3 Å². The second-order valence-corrected chi connectivity index (χ2v) is 21.3. The fraction of sp³-hybridized carbons (Fsp3) is 0.543. The third-order valence-corrected chi connectivity index (χ3v) is 11.0. The first kappa shape index (κ1) is 35.1. The average Bonchev–Trinajstić information content (AvgIpc) is 3.71. The molecular weight excluding hydrogens is 680 g/mol. The van der Waals surface area contributed by atoms with Gasteiger partial charge in [0.25, 0.3) is 0 Å². The van der Waals surface area contributed by atoms with E-state index in [1.807, 2.05) is 67.9 Å². The molecule has 3 atom stereocenters. The van der Waals surface area contributed by atoms with Crippen molar-refractivity contribution in [3.63, 3.8) is 0 Å². The fourth-order valence-electron chi connectivity index (χ4n) is 6.21. The lowest BCUT2D eigenvalue weighted by Gasteiger charge is -2.29. The van der Waals surface area contributed by atoms with Crippen molar-refractivity contribution in [3.05, 3.63) is 64.3 Å². The molecule has 2 aromatic carbocycles. The van der Waals surface area contributed by atoms with Gasteiger partial charge in [0.15, 0.2) is 0 Å². The lowest BCUT2D eigenvalue weighted by atomic mass is 9.84. The van der Waals surface area contributed by atoms with Crippen LogP contribution in [-0.2, 0) is 38.6 Å². The van der Waals surface area contributed by atoms with Gasteiger partial charge in [0.05, 0.1) is 11.6 Å². The smallest absolute Gasteiger partial charge is 0.416 e. The van der Waals surface area contributed by atoms with Crippen LogP contribution < -0.4 is 0 Å². The molecule has 0 saturated carbocycles. The Morgan fingerprint density at radius 3 is 2.55 bits per heavy atom. The molecule has 2 fully saturated rings. The summed E-state index contributed by atoms with van der Waals surface area (Å²) in [6.07, 6.45) is 0.529. The molecule has 3 amide bonds. The molecular formula is C35H47BrN4O6Si. The molecule has 2 aliphatic heterocycles. The first-order chi connectivity index (χ1) is 22.2. The molecule has 1 aromatic heterocycles. The van der Waals surface area contributed by atoms with Crippen molar-refractivity contribution in [1.29, 1.82) is 0 Å². The Morgan fingerprint density at radius 1 is 1.11 bits per heavy atom. The van der Waals surface area contributed by atoms with Crippen molar-refractivity contribution >= 4 is 53.0 Å². The number of aromatic nitrogens is 2. The van der Waals surface area contributed by atoms with Crippen molar-refractivity contribution in [2.24, 2.45) is 11.8 Å². The van der Waals surface area contributed by atoms with E-state index in [1.165, 1.54) is 4.90 Å². The highest BCUT2D eigenvalue weighted by Gasteiger charge is 2.45. The normalized spacial score (nSPS) is 19.3. The van der Waals surface area contributed by atoms with Crippen LogP contribution in [0.1, 0.15) is 38.3 Å². The van der Waals surface area contributed by atoms with Gasteiger partial charge in [0.1, 0.15) is 23.5 Å². The number of ether oxygens (including phenoxy) is 3. The molecule has 3 aromatic rings. The Morgan fingerprint density at radius 2 is 1.85 bits per heavy atom. The maximum absolute atomic E-state index is 14.5. The molecule has 0 radical (unpaired) electrons.